The SMILES string of the molecule is Nc1nc(N)c2c(n1)O[C@]1(COCCN(C(=O)c3ccc(OCC(=O)O)cc3)C1)C2. The van der Waals surface area contributed by atoms with Gasteiger partial charge in [0.1, 0.15) is 11.6 Å². The highest BCUT2D eigenvalue weighted by Crippen LogP contribution is 2.38. The first-order valence-electron chi connectivity index (χ1n) is 9.28. The molecule has 30 heavy (non-hydrogen) atoms. The zero-order chi connectivity index (χ0) is 21.3. The lowest BCUT2D eigenvalue weighted by Gasteiger charge is -2.31. The molecule has 1 fully saturated rings. The van der Waals surface area contributed by atoms with E-state index in [2.05, 4.69) is 9.97 Å². The zero-order valence-corrected chi connectivity index (χ0v) is 16.0. The highest BCUT2D eigenvalue weighted by molar-refractivity contribution is 5.94. The summed E-state index contributed by atoms with van der Waals surface area (Å²) in [5.74, 6) is -0.314. The van der Waals surface area contributed by atoms with Crippen LogP contribution in [0.1, 0.15) is 15.9 Å². The van der Waals surface area contributed by atoms with Gasteiger partial charge in [-0.2, -0.15) is 9.97 Å². The van der Waals surface area contributed by atoms with Crippen LogP contribution >= 0.6 is 0 Å². The van der Waals surface area contributed by atoms with Crippen LogP contribution in [-0.4, -0.2) is 70.4 Å². The lowest BCUT2D eigenvalue weighted by molar-refractivity contribution is -0.139. The minimum atomic E-state index is -1.07. The molecule has 2 aliphatic heterocycles. The summed E-state index contributed by atoms with van der Waals surface area (Å²) in [7, 11) is 0. The first-order chi connectivity index (χ1) is 14.3. The Kier molecular flexibility index (Phi) is 5.04. The predicted molar refractivity (Wildman–Crippen MR) is 104 cm³/mol. The summed E-state index contributed by atoms with van der Waals surface area (Å²) in [4.78, 5) is 33.4. The van der Waals surface area contributed by atoms with Gasteiger partial charge in [-0.25, -0.2) is 4.79 Å². The molecule has 3 heterocycles. The Labute approximate surface area is 171 Å². The number of aromatic nitrogens is 2. The van der Waals surface area contributed by atoms with Gasteiger partial charge in [-0.3, -0.25) is 4.79 Å². The quantitative estimate of drug-likeness (QED) is 0.617. The largest absolute Gasteiger partial charge is 0.482 e. The van der Waals surface area contributed by atoms with E-state index in [1.165, 1.54) is 0 Å². The van der Waals surface area contributed by atoms with E-state index in [0.29, 0.717) is 42.3 Å². The van der Waals surface area contributed by atoms with Crippen LogP contribution in [0, 0.1) is 0 Å². The van der Waals surface area contributed by atoms with Crippen LogP contribution in [0.3, 0.4) is 0 Å². The predicted octanol–water partition coefficient (Wildman–Crippen LogP) is -0.0493. The number of carboxylic acids is 1. The maximum Gasteiger partial charge on any atom is 0.341 e. The van der Waals surface area contributed by atoms with E-state index in [1.54, 1.807) is 29.2 Å². The number of hydrogen-bond acceptors (Lipinski definition) is 9. The molecule has 0 saturated carbocycles. The van der Waals surface area contributed by atoms with Crippen LogP contribution in [-0.2, 0) is 16.0 Å². The monoisotopic (exact) mass is 415 g/mol. The molecule has 1 aromatic heterocycles. The number of nitrogens with zero attached hydrogens (tertiary/aromatic N) is 3. The van der Waals surface area contributed by atoms with Gasteiger partial charge in [-0.1, -0.05) is 0 Å². The molecular formula is C19H21N5O6. The maximum absolute atomic E-state index is 13.1. The second-order valence-electron chi connectivity index (χ2n) is 7.20. The average molecular weight is 415 g/mol. The highest BCUT2D eigenvalue weighted by atomic mass is 16.6. The topological polar surface area (TPSA) is 163 Å². The van der Waals surface area contributed by atoms with Gasteiger partial charge in [-0.05, 0) is 24.3 Å². The zero-order valence-electron chi connectivity index (χ0n) is 16.0. The molecule has 0 radical (unpaired) electrons. The molecule has 1 spiro atoms. The van der Waals surface area contributed by atoms with Gasteiger partial charge in [0.05, 0.1) is 25.3 Å². The van der Waals surface area contributed by atoms with E-state index in [0.717, 1.165) is 0 Å². The van der Waals surface area contributed by atoms with Crippen molar-refractivity contribution in [1.82, 2.24) is 14.9 Å². The molecule has 1 aromatic carbocycles. The number of ether oxygens (including phenoxy) is 3. The molecule has 158 valence electrons. The van der Waals surface area contributed by atoms with E-state index >= 15 is 0 Å². The van der Waals surface area contributed by atoms with Crippen molar-refractivity contribution in [3.8, 4) is 11.6 Å². The molecule has 0 unspecified atom stereocenters. The number of benzene rings is 1. The number of nitrogen functional groups attached to an aromatic ring is 2. The summed E-state index contributed by atoms with van der Waals surface area (Å²) < 4.78 is 16.9. The van der Waals surface area contributed by atoms with E-state index in [-0.39, 0.29) is 30.8 Å². The number of carbonyl (C=O) groups excluding carboxylic acids is 1. The molecular weight excluding hydrogens is 394 g/mol. The van der Waals surface area contributed by atoms with Gasteiger partial charge in [0.15, 0.2) is 12.2 Å². The molecule has 2 aromatic rings. The van der Waals surface area contributed by atoms with Crippen molar-refractivity contribution in [3.63, 3.8) is 0 Å². The Bertz CT molecular complexity index is 982. The van der Waals surface area contributed by atoms with E-state index in [4.69, 9.17) is 30.8 Å². The fraction of sp³-hybridized carbons (Fsp3) is 0.368. The Hall–Kier alpha value is -3.60. The summed E-state index contributed by atoms with van der Waals surface area (Å²) in [6.07, 6.45) is 0.403. The van der Waals surface area contributed by atoms with E-state index < -0.39 is 18.2 Å². The first-order valence-corrected chi connectivity index (χ1v) is 9.28. The third-order valence-corrected chi connectivity index (χ3v) is 4.93. The Morgan fingerprint density at radius 2 is 2.00 bits per heavy atom. The minimum Gasteiger partial charge on any atom is -0.482 e. The van der Waals surface area contributed by atoms with Gasteiger partial charge in [0, 0.05) is 18.5 Å². The standard InChI is InChI=1S/C19H21N5O6/c20-15-13-7-19(30-16(13)23-18(21)22-15)9-24(5-6-28-10-19)17(27)11-1-3-12(4-2-11)29-8-14(25)26/h1-4H,5-10H2,(H,25,26)(H4,20,21,22,23)/t19-/m1/s1. The molecule has 1 saturated heterocycles. The van der Waals surface area contributed by atoms with Crippen molar-refractivity contribution in [3.05, 3.63) is 35.4 Å². The van der Waals surface area contributed by atoms with Crippen LogP contribution < -0.4 is 20.9 Å². The van der Waals surface area contributed by atoms with Crippen LogP contribution in [0.2, 0.25) is 0 Å². The van der Waals surface area contributed by atoms with Crippen molar-refractivity contribution in [2.75, 3.05) is 44.4 Å². The number of anilines is 2. The van der Waals surface area contributed by atoms with Gasteiger partial charge in [0.2, 0.25) is 11.8 Å². The number of rotatable bonds is 4. The third kappa shape index (κ3) is 3.92. The normalized spacial score (nSPS) is 20.3. The molecule has 5 N–H and O–H groups in total. The van der Waals surface area contributed by atoms with Crippen molar-refractivity contribution in [2.24, 2.45) is 0 Å². The smallest absolute Gasteiger partial charge is 0.341 e. The van der Waals surface area contributed by atoms with Crippen molar-refractivity contribution >= 4 is 23.6 Å². The van der Waals surface area contributed by atoms with Gasteiger partial charge >= 0.3 is 5.97 Å². The third-order valence-electron chi connectivity index (χ3n) is 4.93. The van der Waals surface area contributed by atoms with E-state index in [1.807, 2.05) is 0 Å². The fourth-order valence-corrected chi connectivity index (χ4v) is 3.58. The molecule has 1 atom stereocenters. The van der Waals surface area contributed by atoms with Crippen LogP contribution in [0.15, 0.2) is 24.3 Å². The number of nitrogens with two attached hydrogens (primary N) is 2. The first kappa shape index (κ1) is 19.7. The summed E-state index contributed by atoms with van der Waals surface area (Å²) in [6.45, 7) is 0.845. The molecule has 4 rings (SSSR count). The molecule has 11 nitrogen and oxygen atoms in total. The molecule has 2 aliphatic rings. The lowest BCUT2D eigenvalue weighted by atomic mass is 9.97. The maximum atomic E-state index is 13.1. The highest BCUT2D eigenvalue weighted by Gasteiger charge is 2.45. The number of carboxylic acid groups (broad SMARTS) is 1. The van der Waals surface area contributed by atoms with Gasteiger partial charge in [-0.15, -0.1) is 0 Å². The average Bonchev–Trinajstić information content (AvgIpc) is 2.93. The summed E-state index contributed by atoms with van der Waals surface area (Å²) in [5, 5.41) is 8.68. The minimum absolute atomic E-state index is 0.0241. The van der Waals surface area contributed by atoms with E-state index in [9.17, 15) is 9.59 Å². The second-order valence-corrected chi connectivity index (χ2v) is 7.20. The molecule has 0 aliphatic carbocycles. The summed E-state index contributed by atoms with van der Waals surface area (Å²) in [5.41, 5.74) is 11.9. The van der Waals surface area contributed by atoms with Crippen LogP contribution in [0.25, 0.3) is 0 Å². The van der Waals surface area contributed by atoms with Crippen molar-refractivity contribution < 1.29 is 28.9 Å². The lowest BCUT2D eigenvalue weighted by Crippen LogP contribution is -2.49. The molecule has 1 amide bonds. The Balaban J connectivity index is 1.50. The number of amides is 1. The number of carbonyl (C=O) groups is 2. The number of fused-ring (bicyclic) bond motifs is 1. The summed E-state index contributed by atoms with van der Waals surface area (Å²) in [6, 6.07) is 6.29. The number of hydrogen-bond donors (Lipinski definition) is 3. The summed E-state index contributed by atoms with van der Waals surface area (Å²) >= 11 is 0. The second kappa shape index (κ2) is 7.67. The van der Waals surface area contributed by atoms with Gasteiger partial charge in [0.25, 0.3) is 5.91 Å². The molecule has 11 heteroatoms. The van der Waals surface area contributed by atoms with Crippen LogP contribution in [0.5, 0.6) is 11.6 Å². The van der Waals surface area contributed by atoms with Crippen LogP contribution in [0.4, 0.5) is 11.8 Å². The van der Waals surface area contributed by atoms with Gasteiger partial charge < -0.3 is 35.7 Å². The number of aliphatic carboxylic acids is 1. The Morgan fingerprint density at radius 1 is 1.23 bits per heavy atom. The fourth-order valence-electron chi connectivity index (χ4n) is 3.58. The molecule has 0 bridgehead atoms. The van der Waals surface area contributed by atoms with Crippen molar-refractivity contribution in [1.29, 1.82) is 0 Å². The Morgan fingerprint density at radius 3 is 2.73 bits per heavy atom. The van der Waals surface area contributed by atoms with Crippen molar-refractivity contribution in [2.45, 2.75) is 12.0 Å².